The lowest BCUT2D eigenvalue weighted by atomic mass is 10.2. The van der Waals surface area contributed by atoms with Crippen LogP contribution in [0.3, 0.4) is 0 Å². The molecule has 1 N–H and O–H groups in total. The first kappa shape index (κ1) is 14.1. The fourth-order valence-corrected chi connectivity index (χ4v) is 2.28. The van der Waals surface area contributed by atoms with Crippen LogP contribution in [-0.4, -0.2) is 22.2 Å². The van der Waals surface area contributed by atoms with Crippen LogP contribution < -0.4 is 5.32 Å². The number of rotatable bonds is 6. The van der Waals surface area contributed by atoms with E-state index in [4.69, 9.17) is 0 Å². The number of halogens is 1. The normalized spacial score (nSPS) is 12.1. The Kier molecular flexibility index (Phi) is 5.57. The van der Waals surface area contributed by atoms with Gasteiger partial charge in [0.15, 0.2) is 0 Å². The highest BCUT2D eigenvalue weighted by molar-refractivity contribution is 9.09. The molecule has 0 saturated heterocycles. The molecule has 17 heavy (non-hydrogen) atoms. The molecule has 0 aliphatic heterocycles. The monoisotopic (exact) mass is 320 g/mol. The number of hydrogen-bond donors (Lipinski definition) is 1. The van der Waals surface area contributed by atoms with Gasteiger partial charge in [-0.3, -0.25) is 14.9 Å². The van der Waals surface area contributed by atoms with E-state index in [0.717, 1.165) is 24.2 Å². The Morgan fingerprint density at radius 1 is 1.65 bits per heavy atom. The van der Waals surface area contributed by atoms with Crippen molar-refractivity contribution in [3.8, 4) is 0 Å². The van der Waals surface area contributed by atoms with Crippen LogP contribution in [0.2, 0.25) is 0 Å². The third-order valence-electron chi connectivity index (χ3n) is 2.06. The van der Waals surface area contributed by atoms with Crippen LogP contribution in [0.15, 0.2) is 12.1 Å². The maximum Gasteiger partial charge on any atom is 0.324 e. The van der Waals surface area contributed by atoms with Crippen molar-refractivity contribution in [3.63, 3.8) is 0 Å². The summed E-state index contributed by atoms with van der Waals surface area (Å²) in [5, 5.41) is 13.2. The lowest BCUT2D eigenvalue weighted by molar-refractivity contribution is -0.380. The largest absolute Gasteiger partial charge is 0.351 e. The molecule has 1 aromatic rings. The third kappa shape index (κ3) is 4.82. The number of nitrogens with zero attached hydrogens (tertiary/aromatic N) is 1. The quantitative estimate of drug-likeness (QED) is 0.379. The van der Waals surface area contributed by atoms with Crippen LogP contribution in [0.25, 0.3) is 0 Å². The average molecular weight is 321 g/mol. The number of hydrogen-bond acceptors (Lipinski definition) is 4. The number of nitro groups is 1. The molecule has 0 radical (unpaired) electrons. The van der Waals surface area contributed by atoms with E-state index in [1.54, 1.807) is 0 Å². The summed E-state index contributed by atoms with van der Waals surface area (Å²) in [6.07, 6.45) is 1.86. The maximum absolute atomic E-state index is 11.6. The summed E-state index contributed by atoms with van der Waals surface area (Å²) >= 11 is 4.31. The molecule has 1 aromatic heterocycles. The van der Waals surface area contributed by atoms with E-state index in [2.05, 4.69) is 21.2 Å². The van der Waals surface area contributed by atoms with Crippen molar-refractivity contribution in [3.05, 3.63) is 27.1 Å². The van der Waals surface area contributed by atoms with Crippen molar-refractivity contribution in [1.29, 1.82) is 0 Å². The van der Waals surface area contributed by atoms with Crippen molar-refractivity contribution in [1.82, 2.24) is 5.32 Å². The highest BCUT2D eigenvalue weighted by Crippen LogP contribution is 2.23. The van der Waals surface area contributed by atoms with Crippen LogP contribution >= 0.6 is 27.3 Å². The average Bonchev–Trinajstić information content (AvgIpc) is 2.73. The highest BCUT2D eigenvalue weighted by Gasteiger charge is 2.14. The van der Waals surface area contributed by atoms with Gasteiger partial charge in [-0.15, -0.1) is 0 Å². The summed E-state index contributed by atoms with van der Waals surface area (Å²) in [5.74, 6) is -0.245. The predicted molar refractivity (Wildman–Crippen MR) is 70.9 cm³/mol. The molecule has 0 aromatic carbocycles. The number of thiophene rings is 1. The Hall–Kier alpha value is -0.950. The van der Waals surface area contributed by atoms with Gasteiger partial charge in [0.1, 0.15) is 0 Å². The molecule has 1 heterocycles. The lowest BCUT2D eigenvalue weighted by Crippen LogP contribution is -2.23. The molecular formula is C10H13BrN2O3S. The molecule has 0 aliphatic carbocycles. The van der Waals surface area contributed by atoms with Gasteiger partial charge < -0.3 is 5.32 Å². The standard InChI is InChI=1S/C10H13BrN2O3S/c1-7(11)3-2-6-12-10(14)8-4-5-9(17-8)13(15)16/h4-5,7H,2-3,6H2,1H3,(H,12,14). The Labute approximate surface area is 111 Å². The van der Waals surface area contributed by atoms with Crippen LogP contribution in [-0.2, 0) is 0 Å². The highest BCUT2D eigenvalue weighted by atomic mass is 79.9. The Balaban J connectivity index is 2.39. The number of carbonyl (C=O) groups excluding carboxylic acids is 1. The van der Waals surface area contributed by atoms with Crippen LogP contribution in [0, 0.1) is 10.1 Å². The minimum atomic E-state index is -0.492. The van der Waals surface area contributed by atoms with Crippen molar-refractivity contribution >= 4 is 38.2 Å². The number of amides is 1. The van der Waals surface area contributed by atoms with Crippen LogP contribution in [0.5, 0.6) is 0 Å². The van der Waals surface area contributed by atoms with Gasteiger partial charge in [0.2, 0.25) is 0 Å². The van der Waals surface area contributed by atoms with Gasteiger partial charge in [-0.05, 0) is 18.9 Å². The zero-order valence-electron chi connectivity index (χ0n) is 9.31. The van der Waals surface area contributed by atoms with Gasteiger partial charge in [0.25, 0.3) is 5.91 Å². The molecule has 0 saturated carbocycles. The van der Waals surface area contributed by atoms with E-state index in [0.29, 0.717) is 16.2 Å². The Bertz CT molecular complexity index is 406. The summed E-state index contributed by atoms with van der Waals surface area (Å²) in [6.45, 7) is 2.63. The fourth-order valence-electron chi connectivity index (χ4n) is 1.22. The summed E-state index contributed by atoms with van der Waals surface area (Å²) in [4.78, 5) is 22.4. The van der Waals surface area contributed by atoms with Gasteiger partial charge in [-0.1, -0.05) is 34.2 Å². The summed E-state index contributed by atoms with van der Waals surface area (Å²) < 4.78 is 0. The molecule has 94 valence electrons. The van der Waals surface area contributed by atoms with E-state index >= 15 is 0 Å². The minimum absolute atomic E-state index is 0.00997. The molecule has 5 nitrogen and oxygen atoms in total. The van der Waals surface area contributed by atoms with E-state index in [9.17, 15) is 14.9 Å². The van der Waals surface area contributed by atoms with Gasteiger partial charge in [-0.25, -0.2) is 0 Å². The van der Waals surface area contributed by atoms with Gasteiger partial charge >= 0.3 is 5.00 Å². The summed E-state index contributed by atoms with van der Waals surface area (Å²) in [7, 11) is 0. The molecule has 1 rings (SSSR count). The maximum atomic E-state index is 11.6. The molecule has 0 bridgehead atoms. The van der Waals surface area contributed by atoms with E-state index in [1.165, 1.54) is 12.1 Å². The zero-order valence-corrected chi connectivity index (χ0v) is 11.7. The second-order valence-corrected chi connectivity index (χ2v) is 6.20. The zero-order chi connectivity index (χ0) is 12.8. The molecule has 1 unspecified atom stereocenters. The molecular weight excluding hydrogens is 308 g/mol. The summed E-state index contributed by atoms with van der Waals surface area (Å²) in [6, 6.07) is 2.82. The van der Waals surface area contributed by atoms with Crippen molar-refractivity contribution in [2.24, 2.45) is 0 Å². The smallest absolute Gasteiger partial charge is 0.324 e. The van der Waals surface area contributed by atoms with Crippen LogP contribution in [0.1, 0.15) is 29.4 Å². The van der Waals surface area contributed by atoms with Gasteiger partial charge in [-0.2, -0.15) is 0 Å². The second-order valence-electron chi connectivity index (χ2n) is 3.57. The number of carbonyl (C=O) groups is 1. The number of alkyl halides is 1. The molecule has 1 amide bonds. The SMILES string of the molecule is CC(Br)CCCNC(=O)c1ccc([N+](=O)[O-])s1. The first-order valence-electron chi connectivity index (χ1n) is 5.17. The number of nitrogens with one attached hydrogen (secondary N) is 1. The predicted octanol–water partition coefficient (Wildman–Crippen LogP) is 2.95. The lowest BCUT2D eigenvalue weighted by Gasteiger charge is -2.04. The first-order valence-corrected chi connectivity index (χ1v) is 6.90. The molecule has 0 aliphatic rings. The molecule has 7 heteroatoms. The van der Waals surface area contributed by atoms with Crippen molar-refractivity contribution in [2.75, 3.05) is 6.54 Å². The third-order valence-corrected chi connectivity index (χ3v) is 3.55. The van der Waals surface area contributed by atoms with E-state index < -0.39 is 4.92 Å². The van der Waals surface area contributed by atoms with E-state index in [-0.39, 0.29) is 10.9 Å². The second kappa shape index (κ2) is 6.70. The minimum Gasteiger partial charge on any atom is -0.351 e. The fraction of sp³-hybridized carbons (Fsp3) is 0.500. The Morgan fingerprint density at radius 2 is 2.35 bits per heavy atom. The van der Waals surface area contributed by atoms with Crippen molar-refractivity contribution < 1.29 is 9.72 Å². The molecule has 0 fully saturated rings. The van der Waals surface area contributed by atoms with E-state index in [1.807, 2.05) is 6.92 Å². The summed E-state index contributed by atoms with van der Waals surface area (Å²) in [5.41, 5.74) is 0. The molecule has 1 atom stereocenters. The van der Waals surface area contributed by atoms with Crippen LogP contribution in [0.4, 0.5) is 5.00 Å². The first-order chi connectivity index (χ1) is 8.00. The molecule has 0 spiro atoms. The van der Waals surface area contributed by atoms with Gasteiger partial charge in [0, 0.05) is 17.4 Å². The van der Waals surface area contributed by atoms with Gasteiger partial charge in [0.05, 0.1) is 9.80 Å². The van der Waals surface area contributed by atoms with Crippen molar-refractivity contribution in [2.45, 2.75) is 24.6 Å². The topological polar surface area (TPSA) is 72.2 Å². The Morgan fingerprint density at radius 3 is 2.88 bits per heavy atom.